The quantitative estimate of drug-likeness (QED) is 0.360. The predicted molar refractivity (Wildman–Crippen MR) is 124 cm³/mol. The van der Waals surface area contributed by atoms with Gasteiger partial charge in [0.2, 0.25) is 5.91 Å². The molecule has 3 aromatic carbocycles. The van der Waals surface area contributed by atoms with Crippen molar-refractivity contribution in [2.24, 2.45) is 0 Å². The highest BCUT2D eigenvalue weighted by atomic mass is 35.5. The van der Waals surface area contributed by atoms with Gasteiger partial charge >= 0.3 is 6.18 Å². The number of carbonyl (C=O) groups is 1. The molecule has 1 aliphatic heterocycles. The van der Waals surface area contributed by atoms with Crippen LogP contribution in [0.25, 0.3) is 0 Å². The van der Waals surface area contributed by atoms with E-state index in [2.05, 4.69) is 0 Å². The number of hydrogen-bond donors (Lipinski definition) is 0. The number of carbonyl (C=O) groups excluding carboxylic acids is 1. The first-order chi connectivity index (χ1) is 16.3. The van der Waals surface area contributed by atoms with E-state index in [1.165, 1.54) is 11.0 Å². The van der Waals surface area contributed by atoms with E-state index in [9.17, 15) is 18.0 Å². The topological polar surface area (TPSA) is 38.8 Å². The molecule has 0 atom stereocenters. The number of hydrogen-bond acceptors (Lipinski definition) is 3. The molecule has 0 aromatic heterocycles. The molecule has 1 heterocycles. The molecule has 0 unspecified atom stereocenters. The molecule has 178 valence electrons. The van der Waals surface area contributed by atoms with Crippen LogP contribution in [-0.2, 0) is 35.2 Å². The highest BCUT2D eigenvalue weighted by molar-refractivity contribution is 6.30. The number of halogens is 4. The Bertz CT molecular complexity index is 1150. The highest BCUT2D eigenvalue weighted by Crippen LogP contribution is 2.36. The molecule has 0 aliphatic carbocycles. The number of amides is 1. The van der Waals surface area contributed by atoms with E-state index in [1.54, 1.807) is 18.2 Å². The lowest BCUT2D eigenvalue weighted by atomic mass is 10.1. The Morgan fingerprint density at radius 2 is 1.79 bits per heavy atom. The van der Waals surface area contributed by atoms with Crippen molar-refractivity contribution in [2.45, 2.75) is 25.6 Å². The molecule has 0 spiro atoms. The Morgan fingerprint density at radius 1 is 1.00 bits per heavy atom. The van der Waals surface area contributed by atoms with Crippen LogP contribution in [0.15, 0.2) is 66.7 Å². The van der Waals surface area contributed by atoms with Crippen molar-refractivity contribution in [3.05, 3.63) is 94.0 Å². The van der Waals surface area contributed by atoms with Crippen LogP contribution in [0.5, 0.6) is 5.75 Å². The van der Waals surface area contributed by atoms with Gasteiger partial charge in [0, 0.05) is 22.8 Å². The van der Waals surface area contributed by atoms with Gasteiger partial charge < -0.3 is 14.4 Å². The Labute approximate surface area is 200 Å². The first kappa shape index (κ1) is 24.1. The van der Waals surface area contributed by atoms with Gasteiger partial charge in [0.05, 0.1) is 25.2 Å². The lowest BCUT2D eigenvalue weighted by Gasteiger charge is -2.20. The van der Waals surface area contributed by atoms with E-state index < -0.39 is 11.7 Å². The molecule has 0 fully saturated rings. The largest absolute Gasteiger partial charge is 0.491 e. The second kappa shape index (κ2) is 10.5. The van der Waals surface area contributed by atoms with Crippen LogP contribution in [0.1, 0.15) is 22.3 Å². The maximum atomic E-state index is 13.1. The molecule has 3 aromatic rings. The zero-order chi connectivity index (χ0) is 24.1. The summed E-state index contributed by atoms with van der Waals surface area (Å²) in [4.78, 5) is 14.4. The molecule has 0 N–H and O–H groups in total. The fraction of sp³-hybridized carbons (Fsp3) is 0.269. The summed E-state index contributed by atoms with van der Waals surface area (Å²) in [5.41, 5.74) is 1.93. The lowest BCUT2D eigenvalue weighted by Crippen LogP contribution is -2.30. The summed E-state index contributed by atoms with van der Waals surface area (Å²) in [6.45, 7) is 1.40. The Kier molecular flexibility index (Phi) is 7.44. The van der Waals surface area contributed by atoms with Crippen LogP contribution in [0.3, 0.4) is 0 Å². The van der Waals surface area contributed by atoms with E-state index in [0.717, 1.165) is 23.3 Å². The van der Waals surface area contributed by atoms with Gasteiger partial charge in [0.1, 0.15) is 12.4 Å². The van der Waals surface area contributed by atoms with Crippen molar-refractivity contribution in [1.82, 2.24) is 0 Å². The van der Waals surface area contributed by atoms with Gasteiger partial charge in [-0.2, -0.15) is 13.2 Å². The minimum absolute atomic E-state index is 0.0208. The van der Waals surface area contributed by atoms with Crippen LogP contribution in [0, 0.1) is 0 Å². The molecule has 0 bridgehead atoms. The number of ether oxygens (including phenoxy) is 2. The number of benzene rings is 3. The summed E-state index contributed by atoms with van der Waals surface area (Å²) in [7, 11) is 0. The minimum Gasteiger partial charge on any atom is -0.491 e. The summed E-state index contributed by atoms with van der Waals surface area (Å²) in [5, 5.41) is 0.456. The van der Waals surface area contributed by atoms with Crippen LogP contribution in [-0.4, -0.2) is 25.7 Å². The standard InChI is InChI=1S/C26H23ClF3NO3/c27-22-9-7-20(24(16-22)34-13-12-33-17-18-4-2-1-3-5-18)14-25(32)31-11-10-19-6-8-21(15-23(19)31)26(28,29)30/h1-9,15-16H,10-14,17H2. The summed E-state index contributed by atoms with van der Waals surface area (Å²) < 4.78 is 50.9. The van der Waals surface area contributed by atoms with Crippen LogP contribution in [0.2, 0.25) is 5.02 Å². The zero-order valence-electron chi connectivity index (χ0n) is 18.3. The minimum atomic E-state index is -4.47. The van der Waals surface area contributed by atoms with Gasteiger partial charge in [-0.15, -0.1) is 0 Å². The van der Waals surface area contributed by atoms with Gasteiger partial charge in [-0.05, 0) is 41.8 Å². The second-order valence-electron chi connectivity index (χ2n) is 7.95. The maximum Gasteiger partial charge on any atom is 0.416 e. The normalized spacial score (nSPS) is 13.1. The van der Waals surface area contributed by atoms with Crippen LogP contribution < -0.4 is 9.64 Å². The van der Waals surface area contributed by atoms with Crippen LogP contribution in [0.4, 0.5) is 18.9 Å². The van der Waals surface area contributed by atoms with E-state index in [1.807, 2.05) is 30.3 Å². The molecule has 4 nitrogen and oxygen atoms in total. The van der Waals surface area contributed by atoms with Gasteiger partial charge in [0.25, 0.3) is 0 Å². The molecule has 0 saturated heterocycles. The molecule has 34 heavy (non-hydrogen) atoms. The van der Waals surface area contributed by atoms with Crippen molar-refractivity contribution >= 4 is 23.2 Å². The molecule has 8 heteroatoms. The fourth-order valence-corrected chi connectivity index (χ4v) is 4.02. The molecular formula is C26H23ClF3NO3. The monoisotopic (exact) mass is 489 g/mol. The van der Waals surface area contributed by atoms with Crippen molar-refractivity contribution in [3.8, 4) is 5.75 Å². The smallest absolute Gasteiger partial charge is 0.416 e. The van der Waals surface area contributed by atoms with Gasteiger partial charge in [0.15, 0.2) is 0 Å². The Hall–Kier alpha value is -3.03. The number of anilines is 1. The van der Waals surface area contributed by atoms with Crippen molar-refractivity contribution in [1.29, 1.82) is 0 Å². The second-order valence-corrected chi connectivity index (χ2v) is 8.39. The summed E-state index contributed by atoms with van der Waals surface area (Å²) in [6, 6.07) is 18.3. The third-order valence-electron chi connectivity index (χ3n) is 5.58. The summed E-state index contributed by atoms with van der Waals surface area (Å²) >= 11 is 6.11. The number of rotatable bonds is 8. The third-order valence-corrected chi connectivity index (χ3v) is 5.81. The average Bonchev–Trinajstić information content (AvgIpc) is 3.24. The van der Waals surface area contributed by atoms with Crippen molar-refractivity contribution in [2.75, 3.05) is 24.7 Å². The van der Waals surface area contributed by atoms with Gasteiger partial charge in [-0.1, -0.05) is 54.1 Å². The van der Waals surface area contributed by atoms with E-state index in [0.29, 0.717) is 48.2 Å². The van der Waals surface area contributed by atoms with E-state index in [-0.39, 0.29) is 18.9 Å². The summed E-state index contributed by atoms with van der Waals surface area (Å²) in [5.74, 6) is 0.151. The first-order valence-corrected chi connectivity index (χ1v) is 11.2. The molecule has 0 radical (unpaired) electrons. The number of alkyl halides is 3. The van der Waals surface area contributed by atoms with Crippen molar-refractivity contribution in [3.63, 3.8) is 0 Å². The molecule has 0 saturated carbocycles. The molecular weight excluding hydrogens is 467 g/mol. The fourth-order valence-electron chi connectivity index (χ4n) is 3.86. The summed E-state index contributed by atoms with van der Waals surface area (Å²) in [6.07, 6.45) is -3.97. The zero-order valence-corrected chi connectivity index (χ0v) is 19.0. The molecule has 4 rings (SSSR count). The number of nitrogens with zero attached hydrogens (tertiary/aromatic N) is 1. The average molecular weight is 490 g/mol. The SMILES string of the molecule is O=C(Cc1ccc(Cl)cc1OCCOCc1ccccc1)N1CCc2ccc(C(F)(F)F)cc21. The van der Waals surface area contributed by atoms with Crippen LogP contribution >= 0.6 is 11.6 Å². The Balaban J connectivity index is 1.39. The maximum absolute atomic E-state index is 13.1. The molecule has 1 aliphatic rings. The van der Waals surface area contributed by atoms with Gasteiger partial charge in [-0.3, -0.25) is 4.79 Å². The van der Waals surface area contributed by atoms with Crippen molar-refractivity contribution < 1.29 is 27.4 Å². The lowest BCUT2D eigenvalue weighted by molar-refractivity contribution is -0.137. The first-order valence-electron chi connectivity index (χ1n) is 10.8. The third kappa shape index (κ3) is 5.90. The number of fused-ring (bicyclic) bond motifs is 1. The van der Waals surface area contributed by atoms with E-state index >= 15 is 0 Å². The predicted octanol–water partition coefficient (Wildman–Crippen LogP) is 6.09. The van der Waals surface area contributed by atoms with E-state index in [4.69, 9.17) is 21.1 Å². The Morgan fingerprint density at radius 3 is 2.56 bits per heavy atom. The molecule has 1 amide bonds. The van der Waals surface area contributed by atoms with Gasteiger partial charge in [-0.25, -0.2) is 0 Å². The highest BCUT2D eigenvalue weighted by Gasteiger charge is 2.34.